The average molecular weight is 361 g/mol. The number of nitrogens with one attached hydrogen (secondary N) is 1. The van der Waals surface area contributed by atoms with Crippen molar-refractivity contribution in [2.75, 3.05) is 12.4 Å². The van der Waals surface area contributed by atoms with E-state index in [1.54, 1.807) is 13.8 Å². The number of primary amides is 1. The molecule has 1 amide bonds. The first kappa shape index (κ1) is 17.2. The lowest BCUT2D eigenvalue weighted by Crippen LogP contribution is -2.37. The molecule has 3 N–H and O–H groups in total. The van der Waals surface area contributed by atoms with Crippen LogP contribution in [0.5, 0.6) is 0 Å². The van der Waals surface area contributed by atoms with Gasteiger partial charge in [-0.15, -0.1) is 0 Å². The van der Waals surface area contributed by atoms with Crippen molar-refractivity contribution >= 4 is 33.5 Å². The topological polar surface area (TPSA) is 116 Å². The Morgan fingerprint density at radius 1 is 1.52 bits per heavy atom. The van der Waals surface area contributed by atoms with Gasteiger partial charge in [-0.1, -0.05) is 0 Å². The summed E-state index contributed by atoms with van der Waals surface area (Å²) in [5.74, 6) is -1.04. The van der Waals surface area contributed by atoms with E-state index in [0.717, 1.165) is 4.68 Å². The second-order valence-electron chi connectivity index (χ2n) is 5.06. The fourth-order valence-corrected chi connectivity index (χ4v) is 2.10. The molecule has 0 aliphatic heterocycles. The molecule has 1 aromatic rings. The largest absolute Gasteiger partial charge is 0.468 e. The second kappa shape index (κ2) is 6.70. The van der Waals surface area contributed by atoms with Gasteiger partial charge in [0.25, 0.3) is 5.56 Å². The molecule has 0 unspecified atom stereocenters. The Kier molecular flexibility index (Phi) is 5.47. The van der Waals surface area contributed by atoms with E-state index in [9.17, 15) is 14.4 Å². The summed E-state index contributed by atoms with van der Waals surface area (Å²) < 4.78 is 5.66. The first-order valence-corrected chi connectivity index (χ1v) is 6.84. The predicted molar refractivity (Wildman–Crippen MR) is 79.7 cm³/mol. The van der Waals surface area contributed by atoms with Crippen molar-refractivity contribution in [2.24, 2.45) is 5.73 Å². The fraction of sp³-hybridized carbons (Fsp3) is 0.500. The van der Waals surface area contributed by atoms with Crippen molar-refractivity contribution in [3.8, 4) is 0 Å². The second-order valence-corrected chi connectivity index (χ2v) is 5.86. The highest BCUT2D eigenvalue weighted by Gasteiger charge is 2.22. The van der Waals surface area contributed by atoms with E-state index in [4.69, 9.17) is 5.73 Å². The number of aromatic nitrogens is 2. The quantitative estimate of drug-likeness (QED) is 0.702. The van der Waals surface area contributed by atoms with Crippen LogP contribution in [-0.4, -0.2) is 34.3 Å². The molecule has 0 aromatic carbocycles. The highest BCUT2D eigenvalue weighted by Crippen LogP contribution is 2.22. The molecule has 0 radical (unpaired) electrons. The van der Waals surface area contributed by atoms with Crippen molar-refractivity contribution in [3.63, 3.8) is 0 Å². The maximum Gasteiger partial charge on any atom is 0.327 e. The van der Waals surface area contributed by atoms with E-state index in [1.165, 1.54) is 13.3 Å². The number of anilines is 1. The summed E-state index contributed by atoms with van der Waals surface area (Å²) in [6, 6.07) is 0. The molecule has 0 saturated heterocycles. The standard InChI is InChI=1S/C12H17BrN4O4/c1-12(2,4-8(14)18)16-7-5-15-17(6-9(19)21-3)11(20)10(7)13/h5,16H,4,6H2,1-3H3,(H2,14,18). The minimum absolute atomic E-state index is 0.0880. The third kappa shape index (κ3) is 4.85. The van der Waals surface area contributed by atoms with Gasteiger partial charge in [-0.3, -0.25) is 14.4 Å². The zero-order valence-corrected chi connectivity index (χ0v) is 13.6. The molecule has 0 saturated carbocycles. The molecule has 8 nitrogen and oxygen atoms in total. The fourth-order valence-electron chi connectivity index (χ4n) is 1.70. The van der Waals surface area contributed by atoms with Crippen LogP contribution in [0, 0.1) is 0 Å². The Bertz CT molecular complexity index is 612. The van der Waals surface area contributed by atoms with Crippen LogP contribution in [-0.2, 0) is 20.9 Å². The first-order chi connectivity index (χ1) is 9.66. The molecular weight excluding hydrogens is 344 g/mol. The Labute approximate surface area is 129 Å². The van der Waals surface area contributed by atoms with Crippen LogP contribution in [0.3, 0.4) is 0 Å². The van der Waals surface area contributed by atoms with Crippen LogP contribution in [0.15, 0.2) is 15.5 Å². The number of ether oxygens (including phenoxy) is 1. The molecule has 116 valence electrons. The number of rotatable bonds is 6. The van der Waals surface area contributed by atoms with E-state index < -0.39 is 23.0 Å². The molecular formula is C12H17BrN4O4. The van der Waals surface area contributed by atoms with E-state index in [0.29, 0.717) is 5.69 Å². The third-order valence-electron chi connectivity index (χ3n) is 2.58. The number of nitrogens with two attached hydrogens (primary N) is 1. The van der Waals surface area contributed by atoms with Gasteiger partial charge in [0.1, 0.15) is 11.0 Å². The zero-order chi connectivity index (χ0) is 16.2. The number of hydrogen-bond acceptors (Lipinski definition) is 6. The van der Waals surface area contributed by atoms with Crippen molar-refractivity contribution in [1.29, 1.82) is 0 Å². The molecule has 0 fully saturated rings. The van der Waals surface area contributed by atoms with Crippen molar-refractivity contribution < 1.29 is 14.3 Å². The van der Waals surface area contributed by atoms with Crippen LogP contribution in [0.1, 0.15) is 20.3 Å². The molecule has 0 aliphatic carbocycles. The molecule has 0 atom stereocenters. The molecule has 21 heavy (non-hydrogen) atoms. The van der Waals surface area contributed by atoms with Gasteiger partial charge in [0, 0.05) is 12.0 Å². The van der Waals surface area contributed by atoms with Gasteiger partial charge in [0.15, 0.2) is 0 Å². The lowest BCUT2D eigenvalue weighted by molar-refractivity contribution is -0.141. The number of esters is 1. The van der Waals surface area contributed by atoms with Crippen LogP contribution >= 0.6 is 15.9 Å². The smallest absolute Gasteiger partial charge is 0.327 e. The molecule has 0 spiro atoms. The highest BCUT2D eigenvalue weighted by atomic mass is 79.9. The summed E-state index contributed by atoms with van der Waals surface area (Å²) in [6.07, 6.45) is 1.47. The van der Waals surface area contributed by atoms with E-state index in [-0.39, 0.29) is 17.4 Å². The van der Waals surface area contributed by atoms with Crippen molar-refractivity contribution in [3.05, 3.63) is 21.0 Å². The van der Waals surface area contributed by atoms with Crippen molar-refractivity contribution in [1.82, 2.24) is 9.78 Å². The van der Waals surface area contributed by atoms with Gasteiger partial charge in [0.2, 0.25) is 5.91 Å². The summed E-state index contributed by atoms with van der Waals surface area (Å²) >= 11 is 3.16. The maximum absolute atomic E-state index is 12.1. The van der Waals surface area contributed by atoms with Gasteiger partial charge in [-0.05, 0) is 29.8 Å². The SMILES string of the molecule is COC(=O)Cn1ncc(NC(C)(C)CC(N)=O)c(Br)c1=O. The summed E-state index contributed by atoms with van der Waals surface area (Å²) in [5.41, 5.74) is 4.45. The van der Waals surface area contributed by atoms with Gasteiger partial charge in [0.05, 0.1) is 19.0 Å². The number of carbonyl (C=O) groups is 2. The summed E-state index contributed by atoms with van der Waals surface area (Å²) in [6.45, 7) is 3.26. The number of nitrogens with zero attached hydrogens (tertiary/aromatic N) is 2. The summed E-state index contributed by atoms with van der Waals surface area (Å²) in [7, 11) is 1.23. The van der Waals surface area contributed by atoms with E-state index in [2.05, 4.69) is 31.1 Å². The van der Waals surface area contributed by atoms with Crippen molar-refractivity contribution in [2.45, 2.75) is 32.4 Å². The summed E-state index contributed by atoms with van der Waals surface area (Å²) in [5, 5.41) is 6.90. The molecule has 1 heterocycles. The molecule has 1 rings (SSSR count). The normalized spacial score (nSPS) is 11.0. The van der Waals surface area contributed by atoms with E-state index in [1.807, 2.05) is 0 Å². The first-order valence-electron chi connectivity index (χ1n) is 6.05. The lowest BCUT2D eigenvalue weighted by Gasteiger charge is -2.26. The van der Waals surface area contributed by atoms with Crippen LogP contribution in [0.2, 0.25) is 0 Å². The highest BCUT2D eigenvalue weighted by molar-refractivity contribution is 9.10. The minimum Gasteiger partial charge on any atom is -0.468 e. The van der Waals surface area contributed by atoms with Gasteiger partial charge in [-0.2, -0.15) is 5.10 Å². The predicted octanol–water partition coefficient (Wildman–Crippen LogP) is 0.245. The number of amides is 1. The Morgan fingerprint density at radius 3 is 2.67 bits per heavy atom. The molecule has 9 heteroatoms. The van der Waals surface area contributed by atoms with E-state index >= 15 is 0 Å². The maximum atomic E-state index is 12.1. The summed E-state index contributed by atoms with van der Waals surface area (Å²) in [4.78, 5) is 34.2. The van der Waals surface area contributed by atoms with Crippen LogP contribution in [0.4, 0.5) is 5.69 Å². The van der Waals surface area contributed by atoms with Gasteiger partial charge < -0.3 is 15.8 Å². The Hall–Kier alpha value is -1.90. The number of halogens is 1. The minimum atomic E-state index is -0.642. The number of hydrogen-bond donors (Lipinski definition) is 2. The zero-order valence-electron chi connectivity index (χ0n) is 12.0. The lowest BCUT2D eigenvalue weighted by atomic mass is 10.00. The monoisotopic (exact) mass is 360 g/mol. The molecule has 0 bridgehead atoms. The number of methoxy groups -OCH3 is 1. The molecule has 1 aromatic heterocycles. The van der Waals surface area contributed by atoms with Gasteiger partial charge >= 0.3 is 5.97 Å². The Balaban J connectivity index is 3.02. The van der Waals surface area contributed by atoms with Crippen LogP contribution in [0.25, 0.3) is 0 Å². The van der Waals surface area contributed by atoms with Gasteiger partial charge in [-0.25, -0.2) is 4.68 Å². The third-order valence-corrected chi connectivity index (χ3v) is 3.35. The molecule has 0 aliphatic rings. The van der Waals surface area contributed by atoms with Crippen LogP contribution < -0.4 is 16.6 Å². The Morgan fingerprint density at radius 2 is 2.14 bits per heavy atom. The average Bonchev–Trinajstić information content (AvgIpc) is 2.36. The number of carbonyl (C=O) groups excluding carboxylic acids is 2.